The molecular weight excluding hydrogens is 1130 g/mol. The molecule has 392 valence electrons. The molecule has 0 aliphatic rings. The highest BCUT2D eigenvalue weighted by Gasteiger charge is 2.25. The van der Waals surface area contributed by atoms with Gasteiger partial charge in [0.25, 0.3) is 40.5 Å². The maximum absolute atomic E-state index is 12.8. The van der Waals surface area contributed by atoms with Gasteiger partial charge in [0, 0.05) is 16.8 Å². The number of ether oxygens (including phenoxy) is 1. The molecule has 7 rings (SSSR count). The first kappa shape index (κ1) is 57.4. The summed E-state index contributed by atoms with van der Waals surface area (Å²) >= 11 is 1.31. The zero-order chi connectivity index (χ0) is 55.1. The first-order chi connectivity index (χ1) is 34.3. The first-order valence-electron chi connectivity index (χ1n) is 19.4. The topological polar surface area (TPSA) is 474 Å². The van der Waals surface area contributed by atoms with Crippen molar-refractivity contribution in [1.29, 1.82) is 0 Å². The Labute approximate surface area is 423 Å². The molecule has 0 bridgehead atoms. The zero-order valence-corrected chi connectivity index (χ0v) is 42.5. The number of aromatic nitrogens is 3. The zero-order valence-electron chi connectivity index (χ0n) is 36.8. The Hall–Kier alpha value is -7.46. The number of hydrogen-bond donors (Lipinski definition) is 6. The van der Waals surface area contributed by atoms with Gasteiger partial charge < -0.3 is 14.9 Å². The van der Waals surface area contributed by atoms with Gasteiger partial charge in [-0.05, 0) is 80.4 Å². The summed E-state index contributed by atoms with van der Waals surface area (Å²) in [5.41, 5.74) is -0.101. The van der Waals surface area contributed by atoms with Crippen LogP contribution in [0.15, 0.2) is 124 Å². The molecule has 0 unspecified atom stereocenters. The van der Waals surface area contributed by atoms with Crippen LogP contribution in [0.25, 0.3) is 26.7 Å². The Bertz CT molecular complexity index is 4040. The number of phenols is 1. The third-order valence-corrected chi connectivity index (χ3v) is 13.5. The SMILES string of the molecule is Cc1cc(N=Nc2ccc3c(S(=O)(=O)O)c(N=Nc4c(C)nn(-c5cc(S(=O)(=O)O)cc(S(=O)(=O)O)c5)c4O)ccc3c2O)c(OCCCS(=O)(=O)O)cc1N=Nc1nc2ccccc2s1.O=S(=O)=O.O=S(=O)=O. The number of aromatic hydroxyl groups is 2. The average molecular weight is 1160 g/mol. The number of benzene rings is 5. The van der Waals surface area contributed by atoms with E-state index < -0.39 is 111 Å². The molecule has 0 fully saturated rings. The number of nitrogens with zero attached hydrogens (tertiary/aromatic N) is 9. The van der Waals surface area contributed by atoms with Crippen molar-refractivity contribution in [3.8, 4) is 23.1 Å². The minimum absolute atomic E-state index is 0.0585. The van der Waals surface area contributed by atoms with Gasteiger partial charge in [0.15, 0.2) is 11.4 Å². The second-order valence-corrected chi connectivity index (χ2v) is 21.9. The molecule has 0 atom stereocenters. The van der Waals surface area contributed by atoms with Crippen molar-refractivity contribution >= 4 is 128 Å². The number of thiazole rings is 1. The van der Waals surface area contributed by atoms with Crippen LogP contribution in [0, 0.1) is 13.8 Å². The molecule has 30 nitrogen and oxygen atoms in total. The van der Waals surface area contributed by atoms with E-state index in [-0.39, 0.29) is 46.6 Å². The van der Waals surface area contributed by atoms with Crippen LogP contribution in [-0.2, 0) is 61.7 Å². The van der Waals surface area contributed by atoms with Crippen molar-refractivity contribution in [1.82, 2.24) is 14.8 Å². The Morgan fingerprint density at radius 2 is 1.19 bits per heavy atom. The summed E-state index contributed by atoms with van der Waals surface area (Å²) in [4.78, 5) is 1.61. The maximum Gasteiger partial charge on any atom is 0.425 e. The molecule has 0 radical (unpaired) electrons. The highest BCUT2D eigenvalue weighted by atomic mass is 32.2. The molecule has 0 aliphatic carbocycles. The van der Waals surface area contributed by atoms with E-state index in [0.717, 1.165) is 28.4 Å². The lowest BCUT2D eigenvalue weighted by Gasteiger charge is -2.11. The van der Waals surface area contributed by atoms with Crippen LogP contribution < -0.4 is 4.74 Å². The Balaban J connectivity index is 0.00000118. The molecule has 0 spiro atoms. The quantitative estimate of drug-likeness (QED) is 0.0372. The van der Waals surface area contributed by atoms with E-state index in [0.29, 0.717) is 27.1 Å². The van der Waals surface area contributed by atoms with E-state index in [1.54, 1.807) is 6.92 Å². The number of fused-ring (bicyclic) bond motifs is 2. The van der Waals surface area contributed by atoms with Crippen LogP contribution in [0.2, 0.25) is 0 Å². The molecule has 2 heterocycles. The van der Waals surface area contributed by atoms with Gasteiger partial charge in [-0.2, -0.15) is 43.5 Å². The van der Waals surface area contributed by atoms with E-state index in [1.165, 1.54) is 48.6 Å². The third-order valence-electron chi connectivity index (χ3n) is 9.18. The Morgan fingerprint density at radius 3 is 1.77 bits per heavy atom. The minimum atomic E-state index is -5.16. The second-order valence-electron chi connectivity index (χ2n) is 14.3. The van der Waals surface area contributed by atoms with Gasteiger partial charge >= 0.3 is 21.2 Å². The highest BCUT2D eigenvalue weighted by molar-refractivity contribution is 7.87. The van der Waals surface area contributed by atoms with Gasteiger partial charge in [0.2, 0.25) is 11.0 Å². The summed E-state index contributed by atoms with van der Waals surface area (Å²) in [7, 11) is -25.8. The van der Waals surface area contributed by atoms with Gasteiger partial charge in [-0.3, -0.25) is 18.2 Å². The molecule has 74 heavy (non-hydrogen) atoms. The summed E-state index contributed by atoms with van der Waals surface area (Å²) in [5.74, 6) is -2.03. The minimum Gasteiger partial charge on any atom is -0.505 e. The van der Waals surface area contributed by atoms with Gasteiger partial charge in [0.05, 0.1) is 49.4 Å². The standard InChI is InChI=1S/C37H31N9O15S5.2O3S/c1-19-14-30(31(61-12-5-13-63(49,50)51)18-29(19)41-44-37-38-26-6-3-4-7-32(26)62-37)42-39-27-10-9-25-24(34(27)47)8-11-28(35(25)66(58,59)60)40-43-33-20(2)45-46(36(33)48)21-15-22(64(52,53)54)17-23(16-21)65(55,56)57;2*1-4(2)3/h3-4,6-11,14-18,47-48H,5,12-13H2,1-2H3,(H,49,50,51)(H,52,53,54)(H,55,56,57)(H,58,59,60);;. The van der Waals surface area contributed by atoms with Crippen LogP contribution in [-0.4, -0.2) is 114 Å². The normalized spacial score (nSPS) is 12.2. The summed E-state index contributed by atoms with van der Waals surface area (Å²) in [6.45, 7) is 2.78. The summed E-state index contributed by atoms with van der Waals surface area (Å²) < 4.78 is 192. The van der Waals surface area contributed by atoms with E-state index in [2.05, 4.69) is 40.8 Å². The fourth-order valence-electron chi connectivity index (χ4n) is 6.15. The fraction of sp³-hybridized carbons (Fsp3) is 0.135. The Morgan fingerprint density at radius 1 is 0.635 bits per heavy atom. The van der Waals surface area contributed by atoms with Gasteiger partial charge in [-0.25, -0.2) is 4.98 Å². The molecule has 0 aliphatic heterocycles. The van der Waals surface area contributed by atoms with Crippen molar-refractivity contribution in [3.05, 3.63) is 90.1 Å². The molecule has 7 aromatic rings. The number of hydrogen-bond acceptors (Lipinski definition) is 26. The number of phenolic OH excluding ortho intramolecular Hbond substituents is 1. The van der Waals surface area contributed by atoms with Crippen molar-refractivity contribution in [3.63, 3.8) is 0 Å². The van der Waals surface area contributed by atoms with Crippen LogP contribution in [0.5, 0.6) is 17.4 Å². The molecular formula is C37H31N9O21S7. The largest absolute Gasteiger partial charge is 0.505 e. The first-order valence-corrected chi connectivity index (χ1v) is 28.1. The maximum atomic E-state index is 12.8. The van der Waals surface area contributed by atoms with Crippen LogP contribution >= 0.6 is 11.3 Å². The molecule has 37 heteroatoms. The number of aryl methyl sites for hydroxylation is 2. The molecule has 0 saturated heterocycles. The summed E-state index contributed by atoms with van der Waals surface area (Å²) in [6, 6.07) is 16.9. The average Bonchev–Trinajstić information content (AvgIpc) is 3.83. The second kappa shape index (κ2) is 23.2. The van der Waals surface area contributed by atoms with Crippen LogP contribution in [0.4, 0.5) is 33.6 Å². The summed E-state index contributed by atoms with van der Waals surface area (Å²) in [5, 5.41) is 50.9. The van der Waals surface area contributed by atoms with E-state index >= 15 is 0 Å². The van der Waals surface area contributed by atoms with Crippen LogP contribution in [0.1, 0.15) is 17.7 Å². The highest BCUT2D eigenvalue weighted by Crippen LogP contribution is 2.44. The predicted octanol–water partition coefficient (Wildman–Crippen LogP) is 6.30. The smallest absolute Gasteiger partial charge is 0.425 e. The van der Waals surface area contributed by atoms with Crippen molar-refractivity contribution in [2.45, 2.75) is 35.0 Å². The van der Waals surface area contributed by atoms with E-state index in [4.69, 9.17) is 34.5 Å². The number of para-hydroxylation sites is 1. The lowest BCUT2D eigenvalue weighted by molar-refractivity contribution is 0.317. The number of azo groups is 3. The van der Waals surface area contributed by atoms with Gasteiger partial charge in [-0.1, -0.05) is 29.5 Å². The molecule has 0 saturated carbocycles. The third kappa shape index (κ3) is 15.3. The van der Waals surface area contributed by atoms with Crippen LogP contribution in [0.3, 0.4) is 0 Å². The van der Waals surface area contributed by atoms with E-state index in [9.17, 15) is 57.5 Å². The van der Waals surface area contributed by atoms with Crippen molar-refractivity contribution in [2.24, 2.45) is 30.7 Å². The summed E-state index contributed by atoms with van der Waals surface area (Å²) in [6.07, 6.45) is -0.103. The fourth-order valence-corrected chi connectivity index (χ4v) is 9.41. The molecule has 6 N–H and O–H groups in total. The molecule has 5 aromatic carbocycles. The lowest BCUT2D eigenvalue weighted by atomic mass is 10.1. The monoisotopic (exact) mass is 1160 g/mol. The van der Waals surface area contributed by atoms with Crippen molar-refractivity contribution in [2.75, 3.05) is 12.4 Å². The number of rotatable bonds is 15. The van der Waals surface area contributed by atoms with E-state index in [1.807, 2.05) is 24.3 Å². The molecule has 2 aromatic heterocycles. The molecule has 0 amide bonds. The van der Waals surface area contributed by atoms with Gasteiger partial charge in [0.1, 0.15) is 27.7 Å². The Kier molecular flexibility index (Phi) is 18.0. The lowest BCUT2D eigenvalue weighted by Crippen LogP contribution is -2.08. The predicted molar refractivity (Wildman–Crippen MR) is 254 cm³/mol. The van der Waals surface area contributed by atoms with Gasteiger partial charge in [-0.15, -0.1) is 55.9 Å². The van der Waals surface area contributed by atoms with Crippen molar-refractivity contribution < 1.29 is 92.1 Å².